The maximum Gasteiger partial charge on any atom is 0.180 e. The van der Waals surface area contributed by atoms with Crippen LogP contribution in [-0.2, 0) is 0 Å². The van der Waals surface area contributed by atoms with E-state index in [0.29, 0.717) is 5.82 Å². The first kappa shape index (κ1) is 39.6. The van der Waals surface area contributed by atoms with Crippen molar-refractivity contribution in [1.29, 1.82) is 0 Å². The first-order valence-corrected chi connectivity index (χ1v) is 25.2. The number of rotatable bonds is 8. The topological polar surface area (TPSA) is 38.9 Å². The molecule has 0 fully saturated rings. The molecule has 2 aromatic heterocycles. The Hall–Kier alpha value is -8.70. The van der Waals surface area contributed by atoms with Crippen molar-refractivity contribution in [2.24, 2.45) is 0 Å². The maximum atomic E-state index is 6.22. The molecule has 318 valence electrons. The molecule has 0 atom stereocenters. The largest absolute Gasteiger partial charge is 0.456 e. The van der Waals surface area contributed by atoms with Gasteiger partial charge in [0, 0.05) is 27.5 Å². The highest BCUT2D eigenvalue weighted by Crippen LogP contribution is 2.38. The Balaban J connectivity index is 0.899. The lowest BCUT2D eigenvalue weighted by Gasteiger charge is -2.31. The van der Waals surface area contributed by atoms with Crippen LogP contribution >= 0.6 is 0 Å². The summed E-state index contributed by atoms with van der Waals surface area (Å²) in [4.78, 5) is 10.5. The predicted octanol–water partition coefficient (Wildman–Crippen LogP) is 13.7. The lowest BCUT2D eigenvalue weighted by Crippen LogP contribution is -2.72. The number of furan rings is 1. The number of nitrogens with zero attached hydrogens (tertiary/aromatic N) is 2. The van der Waals surface area contributed by atoms with Gasteiger partial charge in [0.25, 0.3) is 0 Å². The fourth-order valence-corrected chi connectivity index (χ4v) is 15.7. The average molecular weight is 883 g/mol. The molecule has 13 rings (SSSR count). The molecule has 0 spiro atoms. The molecule has 12 aromatic rings. The summed E-state index contributed by atoms with van der Waals surface area (Å²) in [5.41, 5.74) is 16.0. The van der Waals surface area contributed by atoms with E-state index in [0.717, 1.165) is 77.8 Å². The Kier molecular flexibility index (Phi) is 9.51. The summed E-state index contributed by atoms with van der Waals surface area (Å²) >= 11 is 0. The standard InChI is InChI=1S/C64H42N2OSi/c1-4-16-43(17-5-1)49-38-50(48-34-37-61-57(41-48)54-22-10-13-25-60(54)67-61)40-51(39-49)59-42-58(65-64(66-59)47-18-6-2-7-19-47)46-30-28-44(29-31-46)45-32-35-53(36-33-45)68(52-20-8-3-9-21-52)62-26-14-11-23-55(62)56-24-12-15-27-63(56)68/h1-42H. The van der Waals surface area contributed by atoms with E-state index in [1.54, 1.807) is 0 Å². The van der Waals surface area contributed by atoms with Gasteiger partial charge in [0.2, 0.25) is 0 Å². The second kappa shape index (κ2) is 16.3. The molecule has 0 saturated carbocycles. The minimum Gasteiger partial charge on any atom is -0.456 e. The SMILES string of the molecule is c1ccc(-c2cc(-c3ccc4oc5ccccc5c4c3)cc(-c3cc(-c4ccc(-c5ccc([Si]6(c7ccccc7)c7ccccc7-c7ccccc76)cc5)cc4)nc(-c4ccccc4)n3)c2)cc1. The van der Waals surface area contributed by atoms with E-state index >= 15 is 0 Å². The molecule has 3 nitrogen and oxygen atoms in total. The van der Waals surface area contributed by atoms with Gasteiger partial charge in [0.05, 0.1) is 11.4 Å². The van der Waals surface area contributed by atoms with Gasteiger partial charge in [-0.3, -0.25) is 0 Å². The van der Waals surface area contributed by atoms with Crippen molar-refractivity contribution in [3.8, 4) is 78.4 Å². The van der Waals surface area contributed by atoms with E-state index < -0.39 is 8.07 Å². The first-order chi connectivity index (χ1) is 33.7. The van der Waals surface area contributed by atoms with Gasteiger partial charge in [0.1, 0.15) is 11.2 Å². The maximum absolute atomic E-state index is 6.22. The van der Waals surface area contributed by atoms with Crippen molar-refractivity contribution in [3.63, 3.8) is 0 Å². The summed E-state index contributed by atoms with van der Waals surface area (Å²) in [5.74, 6) is 0.683. The number of aromatic nitrogens is 2. The highest BCUT2D eigenvalue weighted by atomic mass is 28.3. The van der Waals surface area contributed by atoms with Crippen LogP contribution < -0.4 is 20.7 Å². The summed E-state index contributed by atoms with van der Waals surface area (Å²) in [6.07, 6.45) is 0. The van der Waals surface area contributed by atoms with Crippen molar-refractivity contribution < 1.29 is 4.42 Å². The zero-order chi connectivity index (χ0) is 45.0. The van der Waals surface area contributed by atoms with Gasteiger partial charge in [-0.25, -0.2) is 9.97 Å². The van der Waals surface area contributed by atoms with Gasteiger partial charge < -0.3 is 4.42 Å². The second-order valence-corrected chi connectivity index (χ2v) is 21.4. The van der Waals surface area contributed by atoms with Crippen LogP contribution in [0.15, 0.2) is 259 Å². The van der Waals surface area contributed by atoms with E-state index in [1.165, 1.54) is 37.4 Å². The van der Waals surface area contributed by atoms with Crippen molar-refractivity contribution in [1.82, 2.24) is 9.97 Å². The molecule has 0 radical (unpaired) electrons. The van der Waals surface area contributed by atoms with Gasteiger partial charge in [0.15, 0.2) is 13.9 Å². The Morgan fingerprint density at radius 2 is 0.735 bits per heavy atom. The Labute approximate surface area is 396 Å². The van der Waals surface area contributed by atoms with Gasteiger partial charge in [-0.1, -0.05) is 212 Å². The van der Waals surface area contributed by atoms with Crippen LogP contribution in [0.2, 0.25) is 0 Å². The predicted molar refractivity (Wildman–Crippen MR) is 285 cm³/mol. The first-order valence-electron chi connectivity index (χ1n) is 23.2. The number of para-hydroxylation sites is 1. The van der Waals surface area contributed by atoms with Gasteiger partial charge >= 0.3 is 0 Å². The van der Waals surface area contributed by atoms with E-state index in [1.807, 2.05) is 30.3 Å². The number of hydrogen-bond donors (Lipinski definition) is 0. The summed E-state index contributed by atoms with van der Waals surface area (Å²) < 4.78 is 6.22. The molecule has 0 unspecified atom stereocenters. The highest BCUT2D eigenvalue weighted by Gasteiger charge is 2.48. The molecule has 0 N–H and O–H groups in total. The van der Waals surface area contributed by atoms with Crippen LogP contribution in [0.5, 0.6) is 0 Å². The van der Waals surface area contributed by atoms with Crippen LogP contribution in [-0.4, -0.2) is 18.0 Å². The van der Waals surface area contributed by atoms with E-state index in [-0.39, 0.29) is 0 Å². The lowest BCUT2D eigenvalue weighted by molar-refractivity contribution is 0.669. The Bertz CT molecular complexity index is 3780. The van der Waals surface area contributed by atoms with Crippen molar-refractivity contribution >= 4 is 50.8 Å². The van der Waals surface area contributed by atoms with E-state index in [2.05, 4.69) is 224 Å². The molecule has 1 aliphatic heterocycles. The summed E-state index contributed by atoms with van der Waals surface area (Å²) in [7, 11) is -2.55. The lowest BCUT2D eigenvalue weighted by atomic mass is 9.94. The monoisotopic (exact) mass is 882 g/mol. The molecule has 0 saturated heterocycles. The Morgan fingerprint density at radius 1 is 0.279 bits per heavy atom. The van der Waals surface area contributed by atoms with Crippen molar-refractivity contribution in [3.05, 3.63) is 255 Å². The van der Waals surface area contributed by atoms with Crippen LogP contribution in [0.25, 0.3) is 100 Å². The third kappa shape index (κ3) is 6.65. The number of hydrogen-bond acceptors (Lipinski definition) is 3. The van der Waals surface area contributed by atoms with Crippen LogP contribution in [0.1, 0.15) is 0 Å². The quantitative estimate of drug-likeness (QED) is 0.143. The minimum atomic E-state index is -2.55. The third-order valence-corrected chi connectivity index (χ3v) is 18.7. The smallest absolute Gasteiger partial charge is 0.180 e. The summed E-state index contributed by atoms with van der Waals surface area (Å²) in [6, 6.07) is 92.1. The summed E-state index contributed by atoms with van der Waals surface area (Å²) in [6.45, 7) is 0. The molecule has 4 heteroatoms. The zero-order valence-electron chi connectivity index (χ0n) is 37.1. The second-order valence-electron chi connectivity index (χ2n) is 17.7. The fourth-order valence-electron chi connectivity index (χ4n) is 10.6. The molecule has 1 aliphatic rings. The highest BCUT2D eigenvalue weighted by molar-refractivity contribution is 7.22. The molecule has 0 aliphatic carbocycles. The molecular formula is C64H42N2OSi. The van der Waals surface area contributed by atoms with E-state index in [9.17, 15) is 0 Å². The normalized spacial score (nSPS) is 12.5. The molecule has 3 heterocycles. The van der Waals surface area contributed by atoms with E-state index in [4.69, 9.17) is 14.4 Å². The van der Waals surface area contributed by atoms with Gasteiger partial charge in [-0.05, 0) is 108 Å². The van der Waals surface area contributed by atoms with Crippen LogP contribution in [0.3, 0.4) is 0 Å². The number of fused-ring (bicyclic) bond motifs is 6. The zero-order valence-corrected chi connectivity index (χ0v) is 38.1. The summed E-state index contributed by atoms with van der Waals surface area (Å²) in [5, 5.41) is 7.91. The molecule has 10 aromatic carbocycles. The Morgan fingerprint density at radius 3 is 1.41 bits per heavy atom. The van der Waals surface area contributed by atoms with Crippen LogP contribution in [0.4, 0.5) is 0 Å². The molecular weight excluding hydrogens is 841 g/mol. The fraction of sp³-hybridized carbons (Fsp3) is 0. The van der Waals surface area contributed by atoms with Gasteiger partial charge in [-0.15, -0.1) is 0 Å². The minimum absolute atomic E-state index is 0.683. The van der Waals surface area contributed by atoms with Crippen LogP contribution in [0, 0.1) is 0 Å². The average Bonchev–Trinajstić information content (AvgIpc) is 3.95. The molecule has 0 bridgehead atoms. The molecule has 68 heavy (non-hydrogen) atoms. The third-order valence-electron chi connectivity index (χ3n) is 13.8. The van der Waals surface area contributed by atoms with Gasteiger partial charge in [-0.2, -0.15) is 0 Å². The number of benzene rings is 10. The van der Waals surface area contributed by atoms with Crippen molar-refractivity contribution in [2.75, 3.05) is 0 Å². The van der Waals surface area contributed by atoms with Crippen molar-refractivity contribution in [2.45, 2.75) is 0 Å². The molecule has 0 amide bonds.